The molecule has 0 aromatic heterocycles. The van der Waals surface area contributed by atoms with Crippen LogP contribution in [0.4, 0.5) is 0 Å². The van der Waals surface area contributed by atoms with Crippen molar-refractivity contribution in [2.24, 2.45) is 35.0 Å². The van der Waals surface area contributed by atoms with Crippen LogP contribution in [0.25, 0.3) is 0 Å². The summed E-state index contributed by atoms with van der Waals surface area (Å²) in [5.41, 5.74) is 0.0299. The average molecular weight is 276 g/mol. The minimum atomic E-state index is -0.0327. The maximum Gasteiger partial charge on any atom is 0.139 e. The van der Waals surface area contributed by atoms with E-state index in [4.69, 9.17) is 0 Å². The fourth-order valence-electron chi connectivity index (χ4n) is 6.44. The standard InChI is InChI=1S/C18H28O2/c1-18-10-12-3-2-11-8-14(19)5-6-15(11)16(12)9-13(18)4-7-17(18)20/h11-16,19H,2-10H2,1H3/t11-,12-,13+,14+,15-,16-,18+/m1/s1. The zero-order valence-electron chi connectivity index (χ0n) is 12.7. The molecule has 0 amide bonds. The number of hydrogen-bond donors (Lipinski definition) is 1. The number of Topliss-reactive ketones (excluding diaryl/α,β-unsaturated/α-hetero) is 1. The average Bonchev–Trinajstić information content (AvgIpc) is 2.71. The number of rotatable bonds is 0. The lowest BCUT2D eigenvalue weighted by atomic mass is 9.51. The summed E-state index contributed by atoms with van der Waals surface area (Å²) in [6, 6.07) is 0. The van der Waals surface area contributed by atoms with E-state index >= 15 is 0 Å². The van der Waals surface area contributed by atoms with Gasteiger partial charge in [0.2, 0.25) is 0 Å². The van der Waals surface area contributed by atoms with E-state index in [1.54, 1.807) is 0 Å². The molecule has 0 aromatic rings. The first-order valence-electron chi connectivity index (χ1n) is 8.79. The minimum absolute atomic E-state index is 0.0299. The quantitative estimate of drug-likeness (QED) is 0.734. The van der Waals surface area contributed by atoms with Gasteiger partial charge in [-0.15, -0.1) is 0 Å². The summed E-state index contributed by atoms with van der Waals surface area (Å²) in [6.45, 7) is 2.26. The van der Waals surface area contributed by atoms with Crippen molar-refractivity contribution in [2.45, 2.75) is 70.8 Å². The molecule has 2 heteroatoms. The van der Waals surface area contributed by atoms with Crippen LogP contribution in [0.5, 0.6) is 0 Å². The summed E-state index contributed by atoms with van der Waals surface area (Å²) in [5.74, 6) is 4.53. The van der Waals surface area contributed by atoms with Crippen molar-refractivity contribution in [1.29, 1.82) is 0 Å². The van der Waals surface area contributed by atoms with Gasteiger partial charge in [-0.25, -0.2) is 0 Å². The van der Waals surface area contributed by atoms with Crippen LogP contribution in [-0.4, -0.2) is 17.0 Å². The van der Waals surface area contributed by atoms with Crippen molar-refractivity contribution in [2.75, 3.05) is 0 Å². The van der Waals surface area contributed by atoms with Crippen LogP contribution in [0.2, 0.25) is 0 Å². The van der Waals surface area contributed by atoms with Gasteiger partial charge in [0.1, 0.15) is 5.78 Å². The Bertz CT molecular complexity index is 418. The molecule has 112 valence electrons. The summed E-state index contributed by atoms with van der Waals surface area (Å²) in [6.07, 6.45) is 10.4. The van der Waals surface area contributed by atoms with Gasteiger partial charge in [0.15, 0.2) is 0 Å². The zero-order valence-corrected chi connectivity index (χ0v) is 12.7. The second kappa shape index (κ2) is 4.56. The number of ketones is 1. The Balaban J connectivity index is 1.56. The SMILES string of the molecule is C[C@]12C[C@H]3CC[C@@H]4C[C@@H](O)CC[C@H]4[C@@H]3C[C@@H]1CCC2=O. The van der Waals surface area contributed by atoms with Crippen molar-refractivity contribution < 1.29 is 9.90 Å². The van der Waals surface area contributed by atoms with E-state index in [2.05, 4.69) is 6.92 Å². The third-order valence-corrected chi connectivity index (χ3v) is 7.58. The van der Waals surface area contributed by atoms with Gasteiger partial charge in [-0.1, -0.05) is 6.92 Å². The van der Waals surface area contributed by atoms with Crippen LogP contribution >= 0.6 is 0 Å². The van der Waals surface area contributed by atoms with Crippen molar-refractivity contribution in [3.05, 3.63) is 0 Å². The van der Waals surface area contributed by atoms with Crippen LogP contribution in [0.3, 0.4) is 0 Å². The summed E-state index contributed by atoms with van der Waals surface area (Å²) < 4.78 is 0. The number of hydrogen-bond acceptors (Lipinski definition) is 2. The van der Waals surface area contributed by atoms with E-state index in [1.807, 2.05) is 0 Å². The van der Waals surface area contributed by atoms with Crippen LogP contribution < -0.4 is 0 Å². The molecule has 4 saturated carbocycles. The predicted octanol–water partition coefficient (Wildman–Crippen LogP) is 3.57. The number of aliphatic hydroxyl groups excluding tert-OH is 1. The van der Waals surface area contributed by atoms with Crippen molar-refractivity contribution >= 4 is 5.78 Å². The maximum atomic E-state index is 12.3. The number of carbonyl (C=O) groups is 1. The van der Waals surface area contributed by atoms with Gasteiger partial charge in [-0.2, -0.15) is 0 Å². The molecule has 0 spiro atoms. The largest absolute Gasteiger partial charge is 0.393 e. The predicted molar refractivity (Wildman–Crippen MR) is 78.1 cm³/mol. The molecule has 0 radical (unpaired) electrons. The molecule has 7 atom stereocenters. The fourth-order valence-corrected chi connectivity index (χ4v) is 6.44. The van der Waals surface area contributed by atoms with Crippen LogP contribution in [0.15, 0.2) is 0 Å². The Hall–Kier alpha value is -0.370. The third-order valence-electron chi connectivity index (χ3n) is 7.58. The molecule has 0 heterocycles. The highest BCUT2D eigenvalue weighted by atomic mass is 16.3. The topological polar surface area (TPSA) is 37.3 Å². The van der Waals surface area contributed by atoms with E-state index in [0.717, 1.165) is 49.4 Å². The van der Waals surface area contributed by atoms with Crippen LogP contribution in [0.1, 0.15) is 64.7 Å². The van der Waals surface area contributed by atoms with Crippen molar-refractivity contribution in [3.63, 3.8) is 0 Å². The molecule has 0 aliphatic heterocycles. The molecule has 0 unspecified atom stereocenters. The summed E-state index contributed by atoms with van der Waals surface area (Å²) in [7, 11) is 0. The highest BCUT2D eigenvalue weighted by molar-refractivity contribution is 5.87. The lowest BCUT2D eigenvalue weighted by molar-refractivity contribution is -0.132. The van der Waals surface area contributed by atoms with Crippen LogP contribution in [0, 0.1) is 35.0 Å². The zero-order chi connectivity index (χ0) is 13.9. The third kappa shape index (κ3) is 1.83. The van der Waals surface area contributed by atoms with Crippen LogP contribution in [-0.2, 0) is 4.79 Å². The van der Waals surface area contributed by atoms with Gasteiger partial charge in [0.05, 0.1) is 6.10 Å². The Morgan fingerprint density at radius 3 is 2.65 bits per heavy atom. The summed E-state index contributed by atoms with van der Waals surface area (Å²) in [4.78, 5) is 12.3. The highest BCUT2D eigenvalue weighted by Crippen LogP contribution is 2.60. The molecule has 0 bridgehead atoms. The number of carbonyl (C=O) groups excluding carboxylic acids is 1. The molecule has 0 saturated heterocycles. The maximum absolute atomic E-state index is 12.3. The molecular weight excluding hydrogens is 248 g/mol. The Morgan fingerprint density at radius 1 is 1.00 bits per heavy atom. The van der Waals surface area contributed by atoms with Gasteiger partial charge < -0.3 is 5.11 Å². The summed E-state index contributed by atoms with van der Waals surface area (Å²) >= 11 is 0. The number of aliphatic hydroxyl groups is 1. The minimum Gasteiger partial charge on any atom is -0.393 e. The first-order valence-corrected chi connectivity index (χ1v) is 8.79. The van der Waals surface area contributed by atoms with E-state index in [1.165, 1.54) is 32.1 Å². The van der Waals surface area contributed by atoms with Crippen molar-refractivity contribution in [1.82, 2.24) is 0 Å². The van der Waals surface area contributed by atoms with Gasteiger partial charge in [-0.05, 0) is 81.0 Å². The van der Waals surface area contributed by atoms with Gasteiger partial charge in [-0.3, -0.25) is 4.79 Å². The molecule has 1 N–H and O–H groups in total. The smallest absolute Gasteiger partial charge is 0.139 e. The molecule has 4 fully saturated rings. The lowest BCUT2D eigenvalue weighted by Gasteiger charge is -2.53. The second-order valence-corrected chi connectivity index (χ2v) is 8.41. The Morgan fingerprint density at radius 2 is 1.80 bits per heavy atom. The van der Waals surface area contributed by atoms with E-state index in [-0.39, 0.29) is 11.5 Å². The normalized spacial score (nSPS) is 55.0. The van der Waals surface area contributed by atoms with Gasteiger partial charge in [0.25, 0.3) is 0 Å². The lowest BCUT2D eigenvalue weighted by Crippen LogP contribution is -2.47. The molecule has 0 aromatic carbocycles. The Kier molecular flexibility index (Phi) is 3.03. The number of fused-ring (bicyclic) bond motifs is 4. The molecule has 4 rings (SSSR count). The second-order valence-electron chi connectivity index (χ2n) is 8.41. The first kappa shape index (κ1) is 13.3. The fraction of sp³-hybridized carbons (Fsp3) is 0.944. The Labute approximate surface area is 122 Å². The highest BCUT2D eigenvalue weighted by Gasteiger charge is 2.55. The van der Waals surface area contributed by atoms with E-state index in [9.17, 15) is 9.90 Å². The molecule has 4 aliphatic carbocycles. The summed E-state index contributed by atoms with van der Waals surface area (Å²) in [5, 5.41) is 9.93. The molecule has 2 nitrogen and oxygen atoms in total. The van der Waals surface area contributed by atoms with Crippen molar-refractivity contribution in [3.8, 4) is 0 Å². The monoisotopic (exact) mass is 276 g/mol. The molecular formula is C18H28O2. The van der Waals surface area contributed by atoms with Gasteiger partial charge in [0, 0.05) is 11.8 Å². The van der Waals surface area contributed by atoms with E-state index in [0.29, 0.717) is 11.7 Å². The molecule has 20 heavy (non-hydrogen) atoms. The molecule has 4 aliphatic rings. The first-order chi connectivity index (χ1) is 9.58. The van der Waals surface area contributed by atoms with E-state index < -0.39 is 0 Å². The van der Waals surface area contributed by atoms with Gasteiger partial charge >= 0.3 is 0 Å².